The molecule has 1 N–H and O–H groups in total. The van der Waals surface area contributed by atoms with Crippen LogP contribution in [0.2, 0.25) is 0 Å². The minimum Gasteiger partial charge on any atom is -0.309 e. The normalized spacial score (nSPS) is 32.0. The monoisotopic (exact) mass is 173 g/mol. The van der Waals surface area contributed by atoms with Gasteiger partial charge in [-0.1, -0.05) is 0 Å². The molecule has 1 aliphatic carbocycles. The Hall–Kier alpha value is -0.110. The zero-order valence-electron chi connectivity index (χ0n) is 8.36. The molecule has 1 aliphatic rings. The zero-order valence-corrected chi connectivity index (χ0v) is 8.36. The van der Waals surface area contributed by atoms with Gasteiger partial charge >= 0.3 is 0 Å². The van der Waals surface area contributed by atoms with Crippen molar-refractivity contribution in [3.05, 3.63) is 0 Å². The molecule has 0 aromatic heterocycles. The van der Waals surface area contributed by atoms with Crippen LogP contribution in [-0.4, -0.2) is 17.8 Å². The predicted octanol–water partition coefficient (Wildman–Crippen LogP) is 2.66. The quantitative estimate of drug-likeness (QED) is 0.643. The number of halogens is 1. The summed E-state index contributed by atoms with van der Waals surface area (Å²) in [6.45, 7) is 6.48. The van der Waals surface area contributed by atoms with Crippen LogP contribution in [0.5, 0.6) is 0 Å². The van der Waals surface area contributed by atoms with Crippen molar-refractivity contribution in [1.29, 1.82) is 0 Å². The summed E-state index contributed by atoms with van der Waals surface area (Å²) in [5, 5.41) is 3.51. The first-order valence-electron chi connectivity index (χ1n) is 4.89. The molecule has 0 aromatic carbocycles. The lowest BCUT2D eigenvalue weighted by Crippen LogP contribution is -2.45. The molecule has 2 heteroatoms. The van der Waals surface area contributed by atoms with Crippen molar-refractivity contribution in [2.45, 2.75) is 64.2 Å². The van der Waals surface area contributed by atoms with E-state index in [1.807, 2.05) is 0 Å². The third-order valence-electron chi connectivity index (χ3n) is 2.29. The standard InChI is InChI=1S/C10H20FN/c1-10(2,3)12-9-6-4-8(11)5-7-9/h8-9,12H,4-7H2,1-3H3. The Labute approximate surface area is 74.7 Å². The second-order valence-electron chi connectivity index (χ2n) is 4.84. The van der Waals surface area contributed by atoms with Gasteiger partial charge in [0.2, 0.25) is 0 Å². The first kappa shape index (κ1) is 9.97. The average molecular weight is 173 g/mol. The minimum absolute atomic E-state index is 0.174. The molecule has 0 radical (unpaired) electrons. The van der Waals surface area contributed by atoms with E-state index in [4.69, 9.17) is 0 Å². The van der Waals surface area contributed by atoms with Crippen molar-refractivity contribution in [1.82, 2.24) is 5.32 Å². The van der Waals surface area contributed by atoms with E-state index in [1.54, 1.807) is 0 Å². The molecule has 0 amide bonds. The summed E-state index contributed by atoms with van der Waals surface area (Å²) < 4.78 is 12.8. The fourth-order valence-corrected chi connectivity index (χ4v) is 1.81. The molecule has 1 fully saturated rings. The van der Waals surface area contributed by atoms with E-state index in [-0.39, 0.29) is 5.54 Å². The van der Waals surface area contributed by atoms with Gasteiger partial charge in [0.25, 0.3) is 0 Å². The molecule has 0 unspecified atom stereocenters. The van der Waals surface area contributed by atoms with Crippen LogP contribution in [0, 0.1) is 0 Å². The highest BCUT2D eigenvalue weighted by Crippen LogP contribution is 2.22. The highest BCUT2D eigenvalue weighted by molar-refractivity contribution is 4.82. The minimum atomic E-state index is -0.539. The fourth-order valence-electron chi connectivity index (χ4n) is 1.81. The highest BCUT2D eigenvalue weighted by Gasteiger charge is 2.23. The Bertz CT molecular complexity index is 131. The van der Waals surface area contributed by atoms with E-state index in [0.717, 1.165) is 25.7 Å². The maximum atomic E-state index is 12.8. The maximum Gasteiger partial charge on any atom is 0.100 e. The van der Waals surface area contributed by atoms with E-state index in [1.165, 1.54) is 0 Å². The van der Waals surface area contributed by atoms with E-state index >= 15 is 0 Å². The molecule has 72 valence electrons. The molecular weight excluding hydrogens is 153 g/mol. The van der Waals surface area contributed by atoms with E-state index < -0.39 is 6.17 Å². The molecule has 1 rings (SSSR count). The topological polar surface area (TPSA) is 12.0 Å². The van der Waals surface area contributed by atoms with Gasteiger partial charge in [0.1, 0.15) is 6.17 Å². The van der Waals surface area contributed by atoms with E-state index in [2.05, 4.69) is 26.1 Å². The molecule has 0 spiro atoms. The lowest BCUT2D eigenvalue weighted by molar-refractivity contribution is 0.201. The Morgan fingerprint density at radius 3 is 2.00 bits per heavy atom. The van der Waals surface area contributed by atoms with Crippen LogP contribution >= 0.6 is 0 Å². The number of alkyl halides is 1. The second kappa shape index (κ2) is 3.73. The summed E-state index contributed by atoms with van der Waals surface area (Å²) in [6.07, 6.45) is 2.95. The van der Waals surface area contributed by atoms with Gasteiger partial charge in [-0.05, 0) is 46.5 Å². The van der Waals surface area contributed by atoms with Gasteiger partial charge in [0, 0.05) is 11.6 Å². The smallest absolute Gasteiger partial charge is 0.100 e. The summed E-state index contributed by atoms with van der Waals surface area (Å²) in [5.74, 6) is 0. The largest absolute Gasteiger partial charge is 0.309 e. The second-order valence-corrected chi connectivity index (χ2v) is 4.84. The Kier molecular flexibility index (Phi) is 3.10. The first-order valence-corrected chi connectivity index (χ1v) is 4.89. The van der Waals surface area contributed by atoms with Crippen molar-refractivity contribution >= 4 is 0 Å². The van der Waals surface area contributed by atoms with Crippen molar-refractivity contribution in [2.75, 3.05) is 0 Å². The molecule has 1 nitrogen and oxygen atoms in total. The van der Waals surface area contributed by atoms with E-state index in [0.29, 0.717) is 6.04 Å². The third kappa shape index (κ3) is 3.53. The first-order chi connectivity index (χ1) is 5.47. The van der Waals surface area contributed by atoms with Gasteiger partial charge in [-0.15, -0.1) is 0 Å². The third-order valence-corrected chi connectivity index (χ3v) is 2.29. The molecular formula is C10H20FN. The number of nitrogens with one attached hydrogen (secondary N) is 1. The van der Waals surface area contributed by atoms with Crippen molar-refractivity contribution in [3.8, 4) is 0 Å². The Morgan fingerprint density at radius 2 is 1.58 bits per heavy atom. The average Bonchev–Trinajstić information content (AvgIpc) is 1.91. The zero-order chi connectivity index (χ0) is 9.19. The Morgan fingerprint density at radius 1 is 1.08 bits per heavy atom. The van der Waals surface area contributed by atoms with Crippen LogP contribution in [0.15, 0.2) is 0 Å². The van der Waals surface area contributed by atoms with Crippen molar-refractivity contribution < 1.29 is 4.39 Å². The molecule has 0 aliphatic heterocycles. The fraction of sp³-hybridized carbons (Fsp3) is 1.00. The van der Waals surface area contributed by atoms with Crippen molar-refractivity contribution in [2.24, 2.45) is 0 Å². The number of hydrogen-bond donors (Lipinski definition) is 1. The molecule has 12 heavy (non-hydrogen) atoms. The Balaban J connectivity index is 2.26. The predicted molar refractivity (Wildman–Crippen MR) is 50.0 cm³/mol. The van der Waals surface area contributed by atoms with Gasteiger partial charge in [-0.2, -0.15) is 0 Å². The summed E-state index contributed by atoms with van der Waals surface area (Å²) in [5.41, 5.74) is 0.174. The van der Waals surface area contributed by atoms with Crippen LogP contribution in [0.3, 0.4) is 0 Å². The maximum absolute atomic E-state index is 12.8. The van der Waals surface area contributed by atoms with Gasteiger partial charge < -0.3 is 5.32 Å². The van der Waals surface area contributed by atoms with Gasteiger partial charge in [0.05, 0.1) is 0 Å². The lowest BCUT2D eigenvalue weighted by atomic mass is 9.92. The van der Waals surface area contributed by atoms with Crippen molar-refractivity contribution in [3.63, 3.8) is 0 Å². The summed E-state index contributed by atoms with van der Waals surface area (Å²) >= 11 is 0. The molecule has 0 saturated heterocycles. The van der Waals surface area contributed by atoms with E-state index in [9.17, 15) is 4.39 Å². The van der Waals surface area contributed by atoms with Crippen LogP contribution in [-0.2, 0) is 0 Å². The highest BCUT2D eigenvalue weighted by atomic mass is 19.1. The molecule has 0 atom stereocenters. The van der Waals surface area contributed by atoms with Crippen LogP contribution in [0.1, 0.15) is 46.5 Å². The van der Waals surface area contributed by atoms with Crippen LogP contribution < -0.4 is 5.32 Å². The molecule has 0 bridgehead atoms. The lowest BCUT2D eigenvalue weighted by Gasteiger charge is -2.32. The summed E-state index contributed by atoms with van der Waals surface area (Å²) in [7, 11) is 0. The number of hydrogen-bond acceptors (Lipinski definition) is 1. The number of rotatable bonds is 1. The molecule has 0 heterocycles. The van der Waals surface area contributed by atoms with Gasteiger partial charge in [-0.3, -0.25) is 0 Å². The molecule has 1 saturated carbocycles. The SMILES string of the molecule is CC(C)(C)NC1CCC(F)CC1. The van der Waals surface area contributed by atoms with Crippen LogP contribution in [0.4, 0.5) is 4.39 Å². The molecule has 0 aromatic rings. The van der Waals surface area contributed by atoms with Gasteiger partial charge in [0.15, 0.2) is 0 Å². The summed E-state index contributed by atoms with van der Waals surface area (Å²) in [4.78, 5) is 0. The van der Waals surface area contributed by atoms with Crippen LogP contribution in [0.25, 0.3) is 0 Å². The van der Waals surface area contributed by atoms with Gasteiger partial charge in [-0.25, -0.2) is 4.39 Å². The summed E-state index contributed by atoms with van der Waals surface area (Å²) in [6, 6.07) is 0.539.